The highest BCUT2D eigenvalue weighted by Crippen LogP contribution is 2.33. The lowest BCUT2D eigenvalue weighted by Crippen LogP contribution is -2.44. The Bertz CT molecular complexity index is 566. The molecule has 1 aromatic carbocycles. The van der Waals surface area contributed by atoms with Gasteiger partial charge in [-0.15, -0.1) is 0 Å². The summed E-state index contributed by atoms with van der Waals surface area (Å²) in [6, 6.07) is 7.03. The summed E-state index contributed by atoms with van der Waals surface area (Å²) < 4.78 is 0. The molecule has 2 heterocycles. The van der Waals surface area contributed by atoms with Gasteiger partial charge in [0.05, 0.1) is 0 Å². The Balaban J connectivity index is 1.63. The minimum atomic E-state index is 0.289. The van der Waals surface area contributed by atoms with Crippen molar-refractivity contribution in [3.05, 3.63) is 29.3 Å². The molecule has 2 aliphatic rings. The minimum Gasteiger partial charge on any atom is -0.314 e. The van der Waals surface area contributed by atoms with E-state index in [-0.39, 0.29) is 5.91 Å². The van der Waals surface area contributed by atoms with Gasteiger partial charge in [0.25, 0.3) is 0 Å². The highest BCUT2D eigenvalue weighted by molar-refractivity contribution is 5.96. The number of unbranched alkanes of at least 4 members (excludes halogenated alkanes) is 1. The van der Waals surface area contributed by atoms with Crippen molar-refractivity contribution >= 4 is 11.6 Å². The standard InChI is InChI=1S/C20H31N3O/c1-3-4-5-20(24)23-16(2)14-18-15-17(6-7-19(18)23)8-11-22-12-9-21-10-13-22/h6-7,15-16,21H,3-5,8-14H2,1-2H3. The lowest BCUT2D eigenvalue weighted by atomic mass is 10.0. The summed E-state index contributed by atoms with van der Waals surface area (Å²) in [7, 11) is 0. The highest BCUT2D eigenvalue weighted by atomic mass is 16.2. The van der Waals surface area contributed by atoms with Gasteiger partial charge in [-0.25, -0.2) is 0 Å². The normalized spacial score (nSPS) is 21.1. The zero-order valence-electron chi connectivity index (χ0n) is 15.2. The second-order valence-electron chi connectivity index (χ2n) is 7.23. The molecule has 1 N–H and O–H groups in total. The molecule has 0 radical (unpaired) electrons. The van der Waals surface area contributed by atoms with E-state index >= 15 is 0 Å². The SMILES string of the molecule is CCCCC(=O)N1c2ccc(CCN3CCNCC3)cc2CC1C. The molecule has 132 valence electrons. The number of fused-ring (bicyclic) bond motifs is 1. The largest absolute Gasteiger partial charge is 0.314 e. The van der Waals surface area contributed by atoms with Crippen LogP contribution in [0.4, 0.5) is 5.69 Å². The van der Waals surface area contributed by atoms with Gasteiger partial charge in [-0.1, -0.05) is 25.5 Å². The van der Waals surface area contributed by atoms with Crippen molar-refractivity contribution in [3.63, 3.8) is 0 Å². The summed E-state index contributed by atoms with van der Waals surface area (Å²) in [5.74, 6) is 0.289. The van der Waals surface area contributed by atoms with Crippen molar-refractivity contribution in [3.8, 4) is 0 Å². The third-order valence-electron chi connectivity index (χ3n) is 5.30. The van der Waals surface area contributed by atoms with Crippen LogP contribution in [0.15, 0.2) is 18.2 Å². The van der Waals surface area contributed by atoms with E-state index in [0.717, 1.165) is 64.1 Å². The molecule has 1 saturated heterocycles. The van der Waals surface area contributed by atoms with Crippen LogP contribution in [0, 0.1) is 0 Å². The second kappa shape index (κ2) is 8.13. The van der Waals surface area contributed by atoms with E-state index in [9.17, 15) is 4.79 Å². The van der Waals surface area contributed by atoms with Gasteiger partial charge in [0.1, 0.15) is 0 Å². The number of benzene rings is 1. The van der Waals surface area contributed by atoms with Crippen molar-refractivity contribution in [2.75, 3.05) is 37.6 Å². The average molecular weight is 329 g/mol. The predicted molar refractivity (Wildman–Crippen MR) is 99.6 cm³/mol. The lowest BCUT2D eigenvalue weighted by Gasteiger charge is -2.27. The monoisotopic (exact) mass is 329 g/mol. The first-order valence-electron chi connectivity index (χ1n) is 9.56. The number of hydrogen-bond acceptors (Lipinski definition) is 3. The van der Waals surface area contributed by atoms with Crippen LogP contribution >= 0.6 is 0 Å². The zero-order valence-corrected chi connectivity index (χ0v) is 15.2. The third kappa shape index (κ3) is 3.98. The van der Waals surface area contributed by atoms with Gasteiger partial charge in [-0.3, -0.25) is 4.79 Å². The van der Waals surface area contributed by atoms with Gasteiger partial charge >= 0.3 is 0 Å². The first-order chi connectivity index (χ1) is 11.7. The number of amides is 1. The molecule has 4 heteroatoms. The molecule has 1 atom stereocenters. The fourth-order valence-electron chi connectivity index (χ4n) is 3.89. The summed E-state index contributed by atoms with van der Waals surface area (Å²) >= 11 is 0. The summed E-state index contributed by atoms with van der Waals surface area (Å²) in [5, 5.41) is 3.40. The number of anilines is 1. The van der Waals surface area contributed by atoms with Crippen molar-refractivity contribution in [1.29, 1.82) is 0 Å². The van der Waals surface area contributed by atoms with Gasteiger partial charge in [0.15, 0.2) is 0 Å². The molecule has 1 amide bonds. The molecular formula is C20H31N3O. The number of nitrogens with one attached hydrogen (secondary N) is 1. The Morgan fingerprint density at radius 2 is 2.08 bits per heavy atom. The number of hydrogen-bond donors (Lipinski definition) is 1. The van der Waals surface area contributed by atoms with Crippen molar-refractivity contribution in [1.82, 2.24) is 10.2 Å². The summed E-state index contributed by atoms with van der Waals surface area (Å²) in [5.41, 5.74) is 3.90. The lowest BCUT2D eigenvalue weighted by molar-refractivity contribution is -0.119. The fraction of sp³-hybridized carbons (Fsp3) is 0.650. The summed E-state index contributed by atoms with van der Waals surface area (Å²) in [4.78, 5) is 17.1. The summed E-state index contributed by atoms with van der Waals surface area (Å²) in [6.45, 7) is 9.97. The molecule has 1 aromatic rings. The first-order valence-corrected chi connectivity index (χ1v) is 9.56. The third-order valence-corrected chi connectivity index (χ3v) is 5.30. The Morgan fingerprint density at radius 3 is 2.83 bits per heavy atom. The predicted octanol–water partition coefficient (Wildman–Crippen LogP) is 2.60. The number of nitrogens with zero attached hydrogens (tertiary/aromatic N) is 2. The Kier molecular flexibility index (Phi) is 5.90. The molecule has 24 heavy (non-hydrogen) atoms. The maximum atomic E-state index is 12.5. The van der Waals surface area contributed by atoms with Gasteiger partial charge in [-0.05, 0) is 43.4 Å². The van der Waals surface area contributed by atoms with Gasteiger partial charge < -0.3 is 15.1 Å². The van der Waals surface area contributed by atoms with Crippen LogP contribution < -0.4 is 10.2 Å². The maximum Gasteiger partial charge on any atom is 0.227 e. The first kappa shape index (κ1) is 17.4. The topological polar surface area (TPSA) is 35.6 Å². The van der Waals surface area contributed by atoms with Crippen LogP contribution in [0.2, 0.25) is 0 Å². The van der Waals surface area contributed by atoms with Gasteiger partial charge in [-0.2, -0.15) is 0 Å². The van der Waals surface area contributed by atoms with Crippen molar-refractivity contribution in [2.45, 2.75) is 52.0 Å². The Morgan fingerprint density at radius 1 is 1.29 bits per heavy atom. The molecule has 0 saturated carbocycles. The quantitative estimate of drug-likeness (QED) is 0.871. The van der Waals surface area contributed by atoms with E-state index in [1.165, 1.54) is 11.1 Å². The number of piperazine rings is 1. The average Bonchev–Trinajstić information content (AvgIpc) is 2.93. The molecule has 0 spiro atoms. The van der Waals surface area contributed by atoms with Crippen LogP contribution in [-0.4, -0.2) is 49.6 Å². The van der Waals surface area contributed by atoms with E-state index in [2.05, 4.69) is 42.3 Å². The molecule has 1 fully saturated rings. The summed E-state index contributed by atoms with van der Waals surface area (Å²) in [6.07, 6.45) is 4.83. The maximum absolute atomic E-state index is 12.5. The van der Waals surface area contributed by atoms with E-state index < -0.39 is 0 Å². The Labute approximate surface area is 146 Å². The molecule has 0 aliphatic carbocycles. The molecule has 1 unspecified atom stereocenters. The molecular weight excluding hydrogens is 298 g/mol. The van der Waals surface area contributed by atoms with Crippen LogP contribution in [0.5, 0.6) is 0 Å². The molecule has 0 aromatic heterocycles. The highest BCUT2D eigenvalue weighted by Gasteiger charge is 2.30. The molecule has 3 rings (SSSR count). The van der Waals surface area contributed by atoms with E-state index in [4.69, 9.17) is 0 Å². The fourth-order valence-corrected chi connectivity index (χ4v) is 3.89. The van der Waals surface area contributed by atoms with Crippen molar-refractivity contribution < 1.29 is 4.79 Å². The Hall–Kier alpha value is -1.39. The number of carbonyl (C=O) groups excluding carboxylic acids is 1. The molecule has 2 aliphatic heterocycles. The number of rotatable bonds is 6. The van der Waals surface area contributed by atoms with Gasteiger partial charge in [0, 0.05) is 50.9 Å². The second-order valence-corrected chi connectivity index (χ2v) is 7.23. The van der Waals surface area contributed by atoms with Crippen LogP contribution in [0.1, 0.15) is 44.2 Å². The van der Waals surface area contributed by atoms with E-state index in [1.54, 1.807) is 0 Å². The van der Waals surface area contributed by atoms with Crippen LogP contribution in [0.3, 0.4) is 0 Å². The van der Waals surface area contributed by atoms with Crippen LogP contribution in [0.25, 0.3) is 0 Å². The minimum absolute atomic E-state index is 0.289. The number of carbonyl (C=O) groups is 1. The smallest absolute Gasteiger partial charge is 0.227 e. The van der Waals surface area contributed by atoms with E-state index in [1.807, 2.05) is 4.90 Å². The van der Waals surface area contributed by atoms with Crippen molar-refractivity contribution in [2.24, 2.45) is 0 Å². The zero-order chi connectivity index (χ0) is 16.9. The molecule has 0 bridgehead atoms. The molecule has 4 nitrogen and oxygen atoms in total. The van der Waals surface area contributed by atoms with E-state index in [0.29, 0.717) is 12.5 Å². The van der Waals surface area contributed by atoms with Crippen LogP contribution in [-0.2, 0) is 17.6 Å². The van der Waals surface area contributed by atoms with Gasteiger partial charge in [0.2, 0.25) is 5.91 Å².